The smallest absolute Gasteiger partial charge is 0.264 e. The minimum Gasteiger partial charge on any atom is -0.268 e. The molecule has 146 valence electrons. The highest BCUT2D eigenvalue weighted by Crippen LogP contribution is 2.36. The van der Waals surface area contributed by atoms with E-state index in [2.05, 4.69) is 4.98 Å². The second kappa shape index (κ2) is 7.42. The van der Waals surface area contributed by atoms with E-state index in [1.165, 1.54) is 35.6 Å². The fourth-order valence-electron chi connectivity index (χ4n) is 3.04. The van der Waals surface area contributed by atoms with Crippen LogP contribution in [0.4, 0.5) is 10.8 Å². The van der Waals surface area contributed by atoms with Crippen molar-refractivity contribution in [1.82, 2.24) is 4.98 Å². The summed E-state index contributed by atoms with van der Waals surface area (Å²) in [6.45, 7) is 1.94. The summed E-state index contributed by atoms with van der Waals surface area (Å²) in [7, 11) is -3.33. The Bertz CT molecular complexity index is 1280. The Morgan fingerprint density at radius 1 is 0.931 bits per heavy atom. The van der Waals surface area contributed by atoms with Gasteiger partial charge >= 0.3 is 0 Å². The lowest BCUT2D eigenvalue weighted by atomic mass is 10.1. The lowest BCUT2D eigenvalue weighted by Gasteiger charge is -2.22. The lowest BCUT2D eigenvalue weighted by molar-refractivity contribution is 0.0999. The number of hydrogen-bond donors (Lipinski definition) is 0. The van der Waals surface area contributed by atoms with Crippen LogP contribution in [0, 0.1) is 6.92 Å². The van der Waals surface area contributed by atoms with Gasteiger partial charge in [-0.3, -0.25) is 9.69 Å². The highest BCUT2D eigenvalue weighted by Gasteiger charge is 2.24. The van der Waals surface area contributed by atoms with Gasteiger partial charge in [0.05, 0.1) is 20.8 Å². The molecule has 4 rings (SSSR count). The summed E-state index contributed by atoms with van der Waals surface area (Å²) < 4.78 is 24.4. The van der Waals surface area contributed by atoms with Gasteiger partial charge in [-0.15, -0.1) is 0 Å². The predicted octanol–water partition coefficient (Wildman–Crippen LogP) is 4.99. The Labute approximate surface area is 173 Å². The van der Waals surface area contributed by atoms with E-state index in [4.69, 9.17) is 0 Å². The number of anilines is 2. The first-order valence-electron chi connectivity index (χ1n) is 8.90. The molecule has 1 heterocycles. The molecule has 0 unspecified atom stereocenters. The van der Waals surface area contributed by atoms with Gasteiger partial charge in [0.25, 0.3) is 5.91 Å². The van der Waals surface area contributed by atoms with Gasteiger partial charge in [0.2, 0.25) is 0 Å². The van der Waals surface area contributed by atoms with E-state index < -0.39 is 9.84 Å². The molecule has 0 saturated carbocycles. The van der Waals surface area contributed by atoms with Gasteiger partial charge in [0.15, 0.2) is 15.0 Å². The van der Waals surface area contributed by atoms with Crippen LogP contribution < -0.4 is 4.90 Å². The Hall–Kier alpha value is -3.03. The number of thiazole rings is 1. The number of amides is 1. The van der Waals surface area contributed by atoms with Crippen molar-refractivity contribution in [3.8, 4) is 0 Å². The summed E-state index contributed by atoms with van der Waals surface area (Å²) >= 11 is 1.44. The first-order valence-corrected chi connectivity index (χ1v) is 11.6. The molecule has 0 aliphatic carbocycles. The van der Waals surface area contributed by atoms with Crippen molar-refractivity contribution in [3.05, 3.63) is 83.9 Å². The van der Waals surface area contributed by atoms with Crippen LogP contribution >= 0.6 is 11.3 Å². The van der Waals surface area contributed by atoms with Crippen molar-refractivity contribution in [2.24, 2.45) is 0 Å². The Balaban J connectivity index is 1.84. The molecule has 0 bridgehead atoms. The molecule has 7 heteroatoms. The average Bonchev–Trinajstić information content (AvgIpc) is 3.12. The van der Waals surface area contributed by atoms with E-state index in [1.54, 1.807) is 4.90 Å². The zero-order chi connectivity index (χ0) is 20.6. The van der Waals surface area contributed by atoms with Crippen LogP contribution in [-0.4, -0.2) is 25.6 Å². The molecule has 0 saturated heterocycles. The van der Waals surface area contributed by atoms with Crippen molar-refractivity contribution >= 4 is 48.1 Å². The minimum atomic E-state index is -3.33. The predicted molar refractivity (Wildman–Crippen MR) is 117 cm³/mol. The van der Waals surface area contributed by atoms with E-state index >= 15 is 0 Å². The molecule has 0 spiro atoms. The lowest BCUT2D eigenvalue weighted by Crippen LogP contribution is -2.26. The molecule has 3 aromatic carbocycles. The third kappa shape index (κ3) is 3.79. The van der Waals surface area contributed by atoms with Gasteiger partial charge in [-0.1, -0.05) is 41.7 Å². The summed E-state index contributed by atoms with van der Waals surface area (Å²) in [5.41, 5.74) is 2.89. The zero-order valence-electron chi connectivity index (χ0n) is 15.9. The van der Waals surface area contributed by atoms with Gasteiger partial charge < -0.3 is 0 Å². The molecule has 0 N–H and O–H groups in total. The first kappa shape index (κ1) is 19.3. The largest absolute Gasteiger partial charge is 0.268 e. The molecule has 0 aliphatic rings. The van der Waals surface area contributed by atoms with Gasteiger partial charge in [0, 0.05) is 11.8 Å². The molecule has 0 radical (unpaired) electrons. The van der Waals surface area contributed by atoms with E-state index in [-0.39, 0.29) is 10.8 Å². The number of benzene rings is 3. The Morgan fingerprint density at radius 2 is 1.59 bits per heavy atom. The van der Waals surface area contributed by atoms with Gasteiger partial charge in [0.1, 0.15) is 0 Å². The van der Waals surface area contributed by atoms with Crippen molar-refractivity contribution < 1.29 is 13.2 Å². The number of hydrogen-bond acceptors (Lipinski definition) is 5. The van der Waals surface area contributed by atoms with Crippen molar-refractivity contribution in [2.45, 2.75) is 11.8 Å². The Morgan fingerprint density at radius 3 is 2.24 bits per heavy atom. The first-order chi connectivity index (χ1) is 13.8. The fraction of sp³-hybridized carbons (Fsp3) is 0.0909. The monoisotopic (exact) mass is 422 g/mol. The highest BCUT2D eigenvalue weighted by molar-refractivity contribution is 7.90. The van der Waals surface area contributed by atoms with Gasteiger partial charge in [-0.2, -0.15) is 0 Å². The number of aryl methyl sites for hydroxylation is 1. The maximum atomic E-state index is 13.5. The molecule has 5 nitrogen and oxygen atoms in total. The quantitative estimate of drug-likeness (QED) is 0.465. The number of fused-ring (bicyclic) bond motifs is 1. The van der Waals surface area contributed by atoms with E-state index in [0.29, 0.717) is 10.7 Å². The van der Waals surface area contributed by atoms with Crippen molar-refractivity contribution in [3.63, 3.8) is 0 Å². The third-order valence-corrected chi connectivity index (χ3v) is 6.71. The summed E-state index contributed by atoms with van der Waals surface area (Å²) in [4.78, 5) is 19.9. The minimum absolute atomic E-state index is 0.177. The standard InChI is InChI=1S/C22H18N2O3S2/c1-15-7-3-5-9-19(15)24(22-23-18-8-4-6-10-20(18)28-22)21(25)16-11-13-17(14-12-16)29(2,26)27/h3-14H,1-2H3. The van der Waals surface area contributed by atoms with Gasteiger partial charge in [-0.05, 0) is 55.0 Å². The van der Waals surface area contributed by atoms with Crippen LogP contribution in [0.1, 0.15) is 15.9 Å². The van der Waals surface area contributed by atoms with Crippen LogP contribution in [-0.2, 0) is 9.84 Å². The van der Waals surface area contributed by atoms with Crippen LogP contribution in [0.2, 0.25) is 0 Å². The summed E-state index contributed by atoms with van der Waals surface area (Å²) in [5, 5.41) is 0.567. The van der Waals surface area contributed by atoms with E-state index in [1.807, 2.05) is 55.5 Å². The molecule has 0 atom stereocenters. The SMILES string of the molecule is Cc1ccccc1N(C(=O)c1ccc(S(C)(=O)=O)cc1)c1nc2ccccc2s1. The maximum Gasteiger partial charge on any atom is 0.264 e. The zero-order valence-corrected chi connectivity index (χ0v) is 17.5. The van der Waals surface area contributed by atoms with E-state index in [0.717, 1.165) is 27.7 Å². The fourth-order valence-corrected chi connectivity index (χ4v) is 4.65. The normalized spacial score (nSPS) is 11.5. The number of carbonyl (C=O) groups is 1. The molecule has 29 heavy (non-hydrogen) atoms. The molecule has 4 aromatic rings. The molecule has 1 aromatic heterocycles. The number of sulfone groups is 1. The number of nitrogens with zero attached hydrogens (tertiary/aromatic N) is 2. The number of carbonyl (C=O) groups excluding carboxylic acids is 1. The second-order valence-electron chi connectivity index (χ2n) is 6.69. The van der Waals surface area contributed by atoms with Crippen LogP contribution in [0.15, 0.2) is 77.7 Å². The molecular formula is C22H18N2O3S2. The molecule has 1 amide bonds. The Kier molecular flexibility index (Phi) is 4.94. The maximum absolute atomic E-state index is 13.5. The van der Waals surface area contributed by atoms with Crippen molar-refractivity contribution in [2.75, 3.05) is 11.2 Å². The van der Waals surface area contributed by atoms with Crippen LogP contribution in [0.3, 0.4) is 0 Å². The summed E-state index contributed by atoms with van der Waals surface area (Å²) in [6.07, 6.45) is 1.14. The second-order valence-corrected chi connectivity index (χ2v) is 9.71. The topological polar surface area (TPSA) is 67.3 Å². The van der Waals surface area contributed by atoms with Crippen LogP contribution in [0.5, 0.6) is 0 Å². The molecule has 0 aliphatic heterocycles. The van der Waals surface area contributed by atoms with Gasteiger partial charge in [-0.25, -0.2) is 13.4 Å². The van der Waals surface area contributed by atoms with Crippen molar-refractivity contribution in [1.29, 1.82) is 0 Å². The van der Waals surface area contributed by atoms with E-state index in [9.17, 15) is 13.2 Å². The highest BCUT2D eigenvalue weighted by atomic mass is 32.2. The third-order valence-electron chi connectivity index (χ3n) is 4.56. The summed E-state index contributed by atoms with van der Waals surface area (Å²) in [6, 6.07) is 21.3. The van der Waals surface area contributed by atoms with Crippen LogP contribution in [0.25, 0.3) is 10.2 Å². The number of aromatic nitrogens is 1. The average molecular weight is 423 g/mol. The number of para-hydroxylation sites is 2. The number of rotatable bonds is 4. The molecular weight excluding hydrogens is 404 g/mol. The molecule has 0 fully saturated rings. The summed E-state index contributed by atoms with van der Waals surface area (Å²) in [5.74, 6) is -0.265.